The monoisotopic (exact) mass is 330 g/mol. The maximum Gasteiger partial charge on any atom is 0.0991 e. The molecule has 2 unspecified atom stereocenters. The van der Waals surface area contributed by atoms with E-state index in [4.69, 9.17) is 10.00 Å². The minimum absolute atomic E-state index is 0.349. The van der Waals surface area contributed by atoms with E-state index < -0.39 is 0 Å². The van der Waals surface area contributed by atoms with Crippen LogP contribution in [-0.2, 0) is 17.7 Å². The topological polar surface area (TPSA) is 36.3 Å². The third-order valence-corrected chi connectivity index (χ3v) is 5.11. The van der Waals surface area contributed by atoms with Crippen molar-refractivity contribution in [2.75, 3.05) is 13.2 Å². The van der Waals surface area contributed by atoms with Crippen molar-refractivity contribution in [1.82, 2.24) is 4.90 Å². The van der Waals surface area contributed by atoms with E-state index in [2.05, 4.69) is 53.4 Å². The van der Waals surface area contributed by atoms with Crippen molar-refractivity contribution in [2.45, 2.75) is 31.5 Å². The highest BCUT2D eigenvalue weighted by atomic mass is 16.5. The molecule has 0 spiro atoms. The second-order valence-corrected chi connectivity index (χ2v) is 6.93. The summed E-state index contributed by atoms with van der Waals surface area (Å²) in [5.74, 6) is 0. The molecule has 0 aliphatic carbocycles. The van der Waals surface area contributed by atoms with Crippen LogP contribution in [0.4, 0.5) is 0 Å². The summed E-state index contributed by atoms with van der Waals surface area (Å²) >= 11 is 0. The van der Waals surface area contributed by atoms with E-state index in [0.29, 0.717) is 12.1 Å². The van der Waals surface area contributed by atoms with Crippen LogP contribution < -0.4 is 0 Å². The number of ether oxygens (including phenoxy) is 1. The average molecular weight is 330 g/mol. The fraction of sp³-hybridized carbons (Fsp3) is 0.318. The van der Waals surface area contributed by atoms with Gasteiger partial charge in [-0.2, -0.15) is 5.26 Å². The minimum Gasteiger partial charge on any atom is -0.378 e. The quantitative estimate of drug-likeness (QED) is 0.802. The zero-order valence-electron chi connectivity index (χ0n) is 14.3. The van der Waals surface area contributed by atoms with Crippen molar-refractivity contribution in [3.63, 3.8) is 0 Å². The van der Waals surface area contributed by atoms with Gasteiger partial charge in [-0.15, -0.1) is 0 Å². The molecule has 126 valence electrons. The number of hydrogen-bond acceptors (Lipinski definition) is 3. The van der Waals surface area contributed by atoms with Crippen LogP contribution in [0, 0.1) is 11.3 Å². The summed E-state index contributed by atoms with van der Waals surface area (Å²) in [6.07, 6.45) is 4.36. The molecule has 1 saturated heterocycles. The molecule has 2 aliphatic rings. The number of benzene rings is 2. The Hall–Kier alpha value is -2.41. The van der Waals surface area contributed by atoms with E-state index in [0.717, 1.165) is 38.2 Å². The third-order valence-electron chi connectivity index (χ3n) is 5.11. The van der Waals surface area contributed by atoms with Crippen LogP contribution in [0.2, 0.25) is 0 Å². The maximum absolute atomic E-state index is 9.09. The maximum atomic E-state index is 9.09. The Balaban J connectivity index is 1.51. The Morgan fingerprint density at radius 1 is 1.04 bits per heavy atom. The summed E-state index contributed by atoms with van der Waals surface area (Å²) in [6, 6.07) is 21.7. The summed E-state index contributed by atoms with van der Waals surface area (Å²) in [5, 5.41) is 9.09. The van der Waals surface area contributed by atoms with Crippen LogP contribution in [0.25, 0.3) is 0 Å². The molecule has 0 N–H and O–H groups in total. The molecule has 0 radical (unpaired) electrons. The Morgan fingerprint density at radius 3 is 2.68 bits per heavy atom. The molecule has 4 rings (SSSR count). The highest BCUT2D eigenvalue weighted by Gasteiger charge is 2.34. The molecule has 3 nitrogen and oxygen atoms in total. The van der Waals surface area contributed by atoms with E-state index >= 15 is 0 Å². The Morgan fingerprint density at radius 2 is 1.88 bits per heavy atom. The number of nitrogens with zero attached hydrogens (tertiary/aromatic N) is 2. The lowest BCUT2D eigenvalue weighted by Gasteiger charge is -2.45. The van der Waals surface area contributed by atoms with Crippen LogP contribution in [0.1, 0.15) is 23.1 Å². The SMILES string of the molecule is N#Cc1cccc(CC2=CC3COCC(C2)N3Cc2ccccc2)c1. The van der Waals surface area contributed by atoms with E-state index in [9.17, 15) is 0 Å². The minimum atomic E-state index is 0.349. The lowest BCUT2D eigenvalue weighted by atomic mass is 9.89. The lowest BCUT2D eigenvalue weighted by molar-refractivity contribution is -0.0440. The van der Waals surface area contributed by atoms with Gasteiger partial charge in [0.25, 0.3) is 0 Å². The zero-order valence-corrected chi connectivity index (χ0v) is 14.3. The second kappa shape index (κ2) is 7.23. The van der Waals surface area contributed by atoms with Crippen LogP contribution in [0.5, 0.6) is 0 Å². The number of morpholine rings is 1. The fourth-order valence-electron chi connectivity index (χ4n) is 3.93. The molecule has 0 saturated carbocycles. The predicted molar refractivity (Wildman–Crippen MR) is 97.9 cm³/mol. The first-order valence-corrected chi connectivity index (χ1v) is 8.88. The highest BCUT2D eigenvalue weighted by Crippen LogP contribution is 2.30. The van der Waals surface area contributed by atoms with Gasteiger partial charge < -0.3 is 4.74 Å². The Kier molecular flexibility index (Phi) is 4.65. The molecule has 0 amide bonds. The molecular formula is C22H22N2O. The van der Waals surface area contributed by atoms with E-state index in [1.807, 2.05) is 18.2 Å². The van der Waals surface area contributed by atoms with E-state index in [-0.39, 0.29) is 0 Å². The largest absolute Gasteiger partial charge is 0.378 e. The van der Waals surface area contributed by atoms with Crippen molar-refractivity contribution < 1.29 is 4.74 Å². The third kappa shape index (κ3) is 3.66. The number of rotatable bonds is 4. The molecule has 1 fully saturated rings. The van der Waals surface area contributed by atoms with Crippen LogP contribution in [-0.4, -0.2) is 30.2 Å². The molecule has 2 aromatic carbocycles. The van der Waals surface area contributed by atoms with Crippen molar-refractivity contribution in [3.8, 4) is 6.07 Å². The van der Waals surface area contributed by atoms with Gasteiger partial charge >= 0.3 is 0 Å². The molecule has 2 heterocycles. The van der Waals surface area contributed by atoms with Gasteiger partial charge in [0.2, 0.25) is 0 Å². The van der Waals surface area contributed by atoms with Gasteiger partial charge in [0.1, 0.15) is 0 Å². The molecule has 2 aliphatic heterocycles. The molecular weight excluding hydrogens is 308 g/mol. The molecule has 25 heavy (non-hydrogen) atoms. The number of nitriles is 1. The van der Waals surface area contributed by atoms with Gasteiger partial charge in [-0.05, 0) is 36.1 Å². The fourth-order valence-corrected chi connectivity index (χ4v) is 3.93. The standard InChI is InChI=1S/C22H22N2O/c23-13-19-8-4-7-18(9-19)10-20-11-21-15-25-16-22(12-20)24(21)14-17-5-2-1-3-6-17/h1-9,11,21-22H,10,12,14-16H2. The molecule has 2 bridgehead atoms. The summed E-state index contributed by atoms with van der Waals surface area (Å²) in [7, 11) is 0. The number of hydrogen-bond donors (Lipinski definition) is 0. The lowest BCUT2D eigenvalue weighted by Crippen LogP contribution is -2.53. The molecule has 0 aromatic heterocycles. The summed E-state index contributed by atoms with van der Waals surface area (Å²) in [5.41, 5.74) is 4.79. The average Bonchev–Trinajstić information content (AvgIpc) is 2.63. The first kappa shape index (κ1) is 16.1. The molecule has 2 aromatic rings. The Bertz CT molecular complexity index is 806. The van der Waals surface area contributed by atoms with Gasteiger partial charge in [-0.3, -0.25) is 4.90 Å². The summed E-state index contributed by atoms with van der Waals surface area (Å²) in [6.45, 7) is 2.55. The second-order valence-electron chi connectivity index (χ2n) is 6.93. The Labute approximate surface area is 149 Å². The van der Waals surface area contributed by atoms with E-state index in [1.165, 1.54) is 16.7 Å². The zero-order chi connectivity index (χ0) is 17.1. The van der Waals surface area contributed by atoms with E-state index in [1.54, 1.807) is 0 Å². The first-order valence-electron chi connectivity index (χ1n) is 8.88. The predicted octanol–water partition coefficient (Wildman–Crippen LogP) is 3.70. The van der Waals surface area contributed by atoms with Crippen molar-refractivity contribution >= 4 is 0 Å². The van der Waals surface area contributed by atoms with Crippen molar-refractivity contribution in [1.29, 1.82) is 5.26 Å². The van der Waals surface area contributed by atoms with Gasteiger partial charge in [-0.25, -0.2) is 0 Å². The summed E-state index contributed by atoms with van der Waals surface area (Å²) < 4.78 is 5.81. The van der Waals surface area contributed by atoms with Crippen LogP contribution in [0.3, 0.4) is 0 Å². The van der Waals surface area contributed by atoms with Crippen molar-refractivity contribution in [2.24, 2.45) is 0 Å². The van der Waals surface area contributed by atoms with Crippen molar-refractivity contribution in [3.05, 3.63) is 82.9 Å². The highest BCUT2D eigenvalue weighted by molar-refractivity contribution is 5.35. The van der Waals surface area contributed by atoms with Gasteiger partial charge in [-0.1, -0.05) is 54.1 Å². The van der Waals surface area contributed by atoms with Gasteiger partial charge in [0.05, 0.1) is 30.9 Å². The number of fused-ring (bicyclic) bond motifs is 2. The summed E-state index contributed by atoms with van der Waals surface area (Å²) in [4.78, 5) is 2.58. The van der Waals surface area contributed by atoms with Gasteiger partial charge in [0.15, 0.2) is 0 Å². The first-order chi connectivity index (χ1) is 12.3. The smallest absolute Gasteiger partial charge is 0.0991 e. The molecule has 3 heteroatoms. The van der Waals surface area contributed by atoms with Crippen LogP contribution >= 0.6 is 0 Å². The molecule has 2 atom stereocenters. The van der Waals surface area contributed by atoms with Crippen LogP contribution in [0.15, 0.2) is 66.2 Å². The van der Waals surface area contributed by atoms with Gasteiger partial charge in [0, 0.05) is 12.6 Å². The normalized spacial score (nSPS) is 22.9.